The number of aromatic nitrogens is 1. The van der Waals surface area contributed by atoms with Crippen molar-refractivity contribution in [1.29, 1.82) is 0 Å². The first-order valence-electron chi connectivity index (χ1n) is 7.94. The van der Waals surface area contributed by atoms with Crippen molar-refractivity contribution in [3.63, 3.8) is 0 Å². The normalized spacial score (nSPS) is 10.0. The Kier molecular flexibility index (Phi) is 6.33. The third-order valence-electron chi connectivity index (χ3n) is 3.34. The summed E-state index contributed by atoms with van der Waals surface area (Å²) in [6.45, 7) is 2.64. The number of ether oxygens (including phenoxy) is 1. The summed E-state index contributed by atoms with van der Waals surface area (Å²) in [5.41, 5.74) is 1.66. The zero-order chi connectivity index (χ0) is 18.2. The number of urea groups is 1. The highest BCUT2D eigenvalue weighted by Crippen LogP contribution is 2.24. The van der Waals surface area contributed by atoms with Crippen LogP contribution in [0.3, 0.4) is 0 Å². The zero-order valence-corrected chi connectivity index (χ0v) is 14.6. The van der Waals surface area contributed by atoms with Gasteiger partial charge in [-0.2, -0.15) is 0 Å². The maximum atomic E-state index is 12.5. The van der Waals surface area contributed by atoms with Crippen LogP contribution in [0.15, 0.2) is 42.6 Å². The van der Waals surface area contributed by atoms with Gasteiger partial charge >= 0.3 is 6.03 Å². The van der Waals surface area contributed by atoms with E-state index in [1.807, 2.05) is 19.1 Å². The van der Waals surface area contributed by atoms with Gasteiger partial charge in [-0.1, -0.05) is 12.1 Å². The molecule has 2 aromatic rings. The van der Waals surface area contributed by atoms with Gasteiger partial charge in [-0.3, -0.25) is 9.78 Å². The predicted molar refractivity (Wildman–Crippen MR) is 95.7 cm³/mol. The van der Waals surface area contributed by atoms with Crippen LogP contribution in [0.25, 0.3) is 0 Å². The van der Waals surface area contributed by atoms with Crippen LogP contribution in [0.1, 0.15) is 23.0 Å². The monoisotopic (exact) mass is 342 g/mol. The van der Waals surface area contributed by atoms with E-state index in [2.05, 4.69) is 15.6 Å². The molecule has 0 bridgehead atoms. The number of pyridine rings is 1. The van der Waals surface area contributed by atoms with E-state index in [4.69, 9.17) is 4.74 Å². The highest BCUT2D eigenvalue weighted by Gasteiger charge is 2.11. The minimum absolute atomic E-state index is 0.220. The van der Waals surface area contributed by atoms with Crippen LogP contribution >= 0.6 is 0 Å². The fourth-order valence-corrected chi connectivity index (χ4v) is 2.09. The van der Waals surface area contributed by atoms with Crippen molar-refractivity contribution in [3.8, 4) is 5.75 Å². The Labute approximate surface area is 147 Å². The number of nitrogens with one attached hydrogen (secondary N) is 2. The summed E-state index contributed by atoms with van der Waals surface area (Å²) in [5, 5.41) is 5.55. The molecular formula is C18H22N4O3. The van der Waals surface area contributed by atoms with Gasteiger partial charge in [-0.25, -0.2) is 4.79 Å². The second kappa shape index (κ2) is 8.68. The van der Waals surface area contributed by atoms with E-state index >= 15 is 0 Å². The van der Waals surface area contributed by atoms with Gasteiger partial charge in [0.1, 0.15) is 5.75 Å². The van der Waals surface area contributed by atoms with Crippen molar-refractivity contribution in [2.45, 2.75) is 13.5 Å². The molecule has 7 heteroatoms. The lowest BCUT2D eigenvalue weighted by molar-refractivity contribution is 0.102. The molecule has 0 saturated carbocycles. The lowest BCUT2D eigenvalue weighted by Gasteiger charge is -2.13. The molecule has 0 aliphatic heterocycles. The standard InChI is InChI=1S/C18H22N4O3/c1-4-25-16-8-6-5-7-15(16)21-17(23)13-9-10-19-14(11-13)12-20-18(24)22(2)3/h5-11H,4,12H2,1-3H3,(H,20,24)(H,21,23). The van der Waals surface area contributed by atoms with Crippen LogP contribution in [-0.4, -0.2) is 42.5 Å². The van der Waals surface area contributed by atoms with Gasteiger partial charge in [0.2, 0.25) is 0 Å². The lowest BCUT2D eigenvalue weighted by Crippen LogP contribution is -2.34. The second-order valence-electron chi connectivity index (χ2n) is 5.47. The maximum absolute atomic E-state index is 12.5. The highest BCUT2D eigenvalue weighted by molar-refractivity contribution is 6.05. The number of amides is 3. The van der Waals surface area contributed by atoms with Gasteiger partial charge in [0.15, 0.2) is 0 Å². The van der Waals surface area contributed by atoms with E-state index in [1.165, 1.54) is 4.90 Å². The molecule has 0 spiro atoms. The van der Waals surface area contributed by atoms with E-state index in [-0.39, 0.29) is 18.5 Å². The number of para-hydroxylation sites is 2. The maximum Gasteiger partial charge on any atom is 0.317 e. The quantitative estimate of drug-likeness (QED) is 0.845. The Hall–Kier alpha value is -3.09. The fourth-order valence-electron chi connectivity index (χ4n) is 2.09. The molecule has 132 valence electrons. The zero-order valence-electron chi connectivity index (χ0n) is 14.6. The molecule has 0 fully saturated rings. The lowest BCUT2D eigenvalue weighted by atomic mass is 10.2. The number of benzene rings is 1. The Morgan fingerprint density at radius 3 is 2.68 bits per heavy atom. The van der Waals surface area contributed by atoms with E-state index in [0.717, 1.165) is 0 Å². The number of anilines is 1. The molecule has 2 N–H and O–H groups in total. The molecule has 2 rings (SSSR count). The summed E-state index contributed by atoms with van der Waals surface area (Å²) in [4.78, 5) is 29.6. The summed E-state index contributed by atoms with van der Waals surface area (Å²) in [6, 6.07) is 10.3. The Morgan fingerprint density at radius 1 is 1.20 bits per heavy atom. The van der Waals surface area contributed by atoms with Crippen LogP contribution in [0.2, 0.25) is 0 Å². The van der Waals surface area contributed by atoms with Gasteiger partial charge in [0.05, 0.1) is 24.5 Å². The average molecular weight is 342 g/mol. The summed E-state index contributed by atoms with van der Waals surface area (Å²) in [5.74, 6) is 0.348. The predicted octanol–water partition coefficient (Wildman–Crippen LogP) is 2.50. The number of carbonyl (C=O) groups excluding carboxylic acids is 2. The third-order valence-corrected chi connectivity index (χ3v) is 3.34. The van der Waals surface area contributed by atoms with Gasteiger partial charge in [0.25, 0.3) is 5.91 Å². The van der Waals surface area contributed by atoms with Crippen LogP contribution in [-0.2, 0) is 6.54 Å². The average Bonchev–Trinajstić information content (AvgIpc) is 2.61. The van der Waals surface area contributed by atoms with Gasteiger partial charge in [-0.05, 0) is 31.2 Å². The molecule has 0 atom stereocenters. The van der Waals surface area contributed by atoms with Crippen LogP contribution < -0.4 is 15.4 Å². The largest absolute Gasteiger partial charge is 0.492 e. The van der Waals surface area contributed by atoms with Gasteiger partial charge < -0.3 is 20.3 Å². The topological polar surface area (TPSA) is 83.6 Å². The summed E-state index contributed by atoms with van der Waals surface area (Å²) < 4.78 is 5.51. The molecule has 3 amide bonds. The van der Waals surface area contributed by atoms with Crippen LogP contribution in [0.5, 0.6) is 5.75 Å². The molecular weight excluding hydrogens is 320 g/mol. The summed E-state index contributed by atoms with van der Waals surface area (Å²) in [7, 11) is 3.31. The van der Waals surface area contributed by atoms with E-state index in [9.17, 15) is 9.59 Å². The molecule has 0 aliphatic rings. The molecule has 0 radical (unpaired) electrons. The molecule has 1 aromatic heterocycles. The van der Waals surface area contributed by atoms with Crippen molar-refractivity contribution >= 4 is 17.6 Å². The first-order valence-corrected chi connectivity index (χ1v) is 7.94. The Balaban J connectivity index is 2.07. The van der Waals surface area contributed by atoms with E-state index in [0.29, 0.717) is 29.3 Å². The fraction of sp³-hybridized carbons (Fsp3) is 0.278. The molecule has 0 saturated heterocycles. The number of rotatable bonds is 6. The third kappa shape index (κ3) is 5.20. The van der Waals surface area contributed by atoms with Gasteiger partial charge in [-0.15, -0.1) is 0 Å². The van der Waals surface area contributed by atoms with Crippen molar-refractivity contribution in [2.75, 3.05) is 26.0 Å². The molecule has 1 aromatic carbocycles. The Morgan fingerprint density at radius 2 is 1.96 bits per heavy atom. The van der Waals surface area contributed by atoms with Crippen molar-refractivity contribution < 1.29 is 14.3 Å². The summed E-state index contributed by atoms with van der Waals surface area (Å²) >= 11 is 0. The van der Waals surface area contributed by atoms with Gasteiger partial charge in [0, 0.05) is 25.9 Å². The second-order valence-corrected chi connectivity index (χ2v) is 5.47. The number of hydrogen-bond donors (Lipinski definition) is 2. The van der Waals surface area contributed by atoms with Crippen LogP contribution in [0.4, 0.5) is 10.5 Å². The van der Waals surface area contributed by atoms with E-state index < -0.39 is 0 Å². The molecule has 1 heterocycles. The van der Waals surface area contributed by atoms with Crippen molar-refractivity contribution in [3.05, 3.63) is 53.9 Å². The van der Waals surface area contributed by atoms with Crippen molar-refractivity contribution in [1.82, 2.24) is 15.2 Å². The smallest absolute Gasteiger partial charge is 0.317 e. The number of nitrogens with zero attached hydrogens (tertiary/aromatic N) is 2. The number of carbonyl (C=O) groups is 2. The molecule has 0 unspecified atom stereocenters. The first kappa shape index (κ1) is 18.3. The SMILES string of the molecule is CCOc1ccccc1NC(=O)c1ccnc(CNC(=O)N(C)C)c1. The molecule has 25 heavy (non-hydrogen) atoms. The molecule has 7 nitrogen and oxygen atoms in total. The minimum atomic E-state index is -0.269. The first-order chi connectivity index (χ1) is 12.0. The Bertz CT molecular complexity index is 747. The number of hydrogen-bond acceptors (Lipinski definition) is 4. The minimum Gasteiger partial charge on any atom is -0.492 e. The highest BCUT2D eigenvalue weighted by atomic mass is 16.5. The van der Waals surface area contributed by atoms with Crippen molar-refractivity contribution in [2.24, 2.45) is 0 Å². The molecule has 0 aliphatic carbocycles. The van der Waals surface area contributed by atoms with Crippen LogP contribution in [0, 0.1) is 0 Å². The summed E-state index contributed by atoms with van der Waals surface area (Å²) in [6.07, 6.45) is 1.54. The van der Waals surface area contributed by atoms with E-state index in [1.54, 1.807) is 44.6 Å².